The molecule has 1 heterocycles. The van der Waals surface area contributed by atoms with Gasteiger partial charge >= 0.3 is 0 Å². The van der Waals surface area contributed by atoms with Crippen LogP contribution in [0.5, 0.6) is 0 Å². The third-order valence-electron chi connectivity index (χ3n) is 4.60. The number of benzene rings is 1. The Morgan fingerprint density at radius 3 is 2.32 bits per heavy atom. The van der Waals surface area contributed by atoms with E-state index < -0.39 is 0 Å². The first-order valence-electron chi connectivity index (χ1n) is 9.27. The van der Waals surface area contributed by atoms with Crippen LogP contribution in [0.1, 0.15) is 37.7 Å². The maximum absolute atomic E-state index is 10.1. The van der Waals surface area contributed by atoms with Crippen molar-refractivity contribution in [1.82, 2.24) is 5.06 Å². The predicted molar refractivity (Wildman–Crippen MR) is 105 cm³/mol. The maximum atomic E-state index is 10.1. The van der Waals surface area contributed by atoms with Gasteiger partial charge in [0.15, 0.2) is 0 Å². The number of hydrogen-bond acceptors (Lipinski definition) is 4. The monoisotopic (exact) mass is 388 g/mol. The highest BCUT2D eigenvalue weighted by Gasteiger charge is 2.19. The van der Waals surface area contributed by atoms with Crippen LogP contribution < -0.4 is 4.90 Å². The number of hydroxylamine groups is 2. The van der Waals surface area contributed by atoms with E-state index in [1.165, 1.54) is 16.3 Å². The van der Waals surface area contributed by atoms with E-state index in [4.69, 9.17) is 27.9 Å². The Labute approximate surface area is 161 Å². The smallest absolute Gasteiger partial charge is 0.132 e. The molecule has 1 atom stereocenters. The minimum atomic E-state index is -0.108. The van der Waals surface area contributed by atoms with Crippen LogP contribution in [-0.4, -0.2) is 54.5 Å². The Balaban J connectivity index is 1.70. The van der Waals surface area contributed by atoms with Crippen LogP contribution in [0.25, 0.3) is 0 Å². The van der Waals surface area contributed by atoms with E-state index in [1.807, 2.05) is 0 Å². The molecule has 1 N–H and O–H groups in total. The molecule has 0 aromatic heterocycles. The van der Waals surface area contributed by atoms with Crippen molar-refractivity contribution < 1.29 is 9.94 Å². The molecule has 4 nitrogen and oxygen atoms in total. The second-order valence-corrected chi connectivity index (χ2v) is 7.23. The highest BCUT2D eigenvalue weighted by molar-refractivity contribution is 6.18. The van der Waals surface area contributed by atoms with Gasteiger partial charge in [0.1, 0.15) is 6.23 Å². The summed E-state index contributed by atoms with van der Waals surface area (Å²) in [5, 5.41) is 11.4. The van der Waals surface area contributed by atoms with Crippen LogP contribution >= 0.6 is 23.2 Å². The summed E-state index contributed by atoms with van der Waals surface area (Å²) in [6, 6.07) is 8.63. The Morgan fingerprint density at radius 2 is 1.72 bits per heavy atom. The zero-order valence-corrected chi connectivity index (χ0v) is 16.4. The van der Waals surface area contributed by atoms with Crippen LogP contribution in [0.4, 0.5) is 5.69 Å². The van der Waals surface area contributed by atoms with Crippen molar-refractivity contribution in [2.75, 3.05) is 42.9 Å². The van der Waals surface area contributed by atoms with Crippen LogP contribution in [0.2, 0.25) is 0 Å². The topological polar surface area (TPSA) is 35.9 Å². The number of ether oxygens (including phenoxy) is 1. The molecule has 1 saturated heterocycles. The lowest BCUT2D eigenvalue weighted by atomic mass is 10.1. The second kappa shape index (κ2) is 12.0. The average molecular weight is 389 g/mol. The summed E-state index contributed by atoms with van der Waals surface area (Å²) in [7, 11) is 0. The standard InChI is InChI=1S/C19H30Cl2N2O2/c20-11-14-22(15-12-21)18-9-7-17(8-10-18)5-1-3-13-23(24)19-6-2-4-16-25-19/h7-10,19,24H,1-6,11-16H2. The van der Waals surface area contributed by atoms with Gasteiger partial charge < -0.3 is 14.8 Å². The van der Waals surface area contributed by atoms with E-state index in [-0.39, 0.29) is 6.23 Å². The van der Waals surface area contributed by atoms with Crippen molar-refractivity contribution in [3.8, 4) is 0 Å². The van der Waals surface area contributed by atoms with E-state index >= 15 is 0 Å². The molecule has 1 aromatic carbocycles. The SMILES string of the molecule is ON(CCCCc1ccc(N(CCCl)CCCl)cc1)C1CCCCO1. The van der Waals surface area contributed by atoms with Crippen molar-refractivity contribution in [2.24, 2.45) is 0 Å². The Bertz CT molecular complexity index is 461. The summed E-state index contributed by atoms with van der Waals surface area (Å²) in [5.41, 5.74) is 2.49. The Morgan fingerprint density at radius 1 is 1.00 bits per heavy atom. The van der Waals surface area contributed by atoms with E-state index in [0.717, 1.165) is 58.2 Å². The molecule has 0 radical (unpaired) electrons. The fraction of sp³-hybridized carbons (Fsp3) is 0.684. The van der Waals surface area contributed by atoms with Gasteiger partial charge in [-0.1, -0.05) is 12.1 Å². The number of rotatable bonds is 11. The molecule has 25 heavy (non-hydrogen) atoms. The molecule has 0 aliphatic carbocycles. The summed E-state index contributed by atoms with van der Waals surface area (Å²) in [4.78, 5) is 2.21. The predicted octanol–water partition coefficient (Wildman–Crippen LogP) is 4.51. The molecule has 1 unspecified atom stereocenters. The van der Waals surface area contributed by atoms with Gasteiger partial charge in [0.05, 0.1) is 0 Å². The van der Waals surface area contributed by atoms with Crippen molar-refractivity contribution in [3.05, 3.63) is 29.8 Å². The van der Waals surface area contributed by atoms with Gasteiger partial charge in [-0.3, -0.25) is 0 Å². The van der Waals surface area contributed by atoms with Crippen molar-refractivity contribution in [3.63, 3.8) is 0 Å². The van der Waals surface area contributed by atoms with Crippen LogP contribution in [0.15, 0.2) is 24.3 Å². The van der Waals surface area contributed by atoms with Crippen molar-refractivity contribution in [1.29, 1.82) is 0 Å². The molecule has 1 aliphatic heterocycles. The third kappa shape index (κ3) is 7.32. The largest absolute Gasteiger partial charge is 0.369 e. The number of unbranched alkanes of at least 4 members (excludes halogenated alkanes) is 1. The van der Waals surface area contributed by atoms with E-state index in [0.29, 0.717) is 18.3 Å². The lowest BCUT2D eigenvalue weighted by molar-refractivity contribution is -0.227. The summed E-state index contributed by atoms with van der Waals surface area (Å²) < 4.78 is 5.58. The van der Waals surface area contributed by atoms with Crippen LogP contribution in [0, 0.1) is 0 Å². The summed E-state index contributed by atoms with van der Waals surface area (Å²) in [6.07, 6.45) is 6.09. The van der Waals surface area contributed by atoms with Gasteiger partial charge in [-0.15, -0.1) is 23.2 Å². The molecule has 0 amide bonds. The van der Waals surface area contributed by atoms with Crippen molar-refractivity contribution in [2.45, 2.75) is 44.8 Å². The van der Waals surface area contributed by atoms with Gasteiger partial charge in [0, 0.05) is 43.7 Å². The number of alkyl halides is 2. The summed E-state index contributed by atoms with van der Waals surface area (Å²) >= 11 is 11.7. The molecule has 0 spiro atoms. The van der Waals surface area contributed by atoms with E-state index in [9.17, 15) is 5.21 Å². The summed E-state index contributed by atoms with van der Waals surface area (Å²) in [6.45, 7) is 3.05. The molecule has 0 saturated carbocycles. The number of halogens is 2. The summed E-state index contributed by atoms with van der Waals surface area (Å²) in [5.74, 6) is 1.20. The fourth-order valence-electron chi connectivity index (χ4n) is 3.15. The van der Waals surface area contributed by atoms with E-state index in [1.54, 1.807) is 0 Å². The number of anilines is 1. The first-order chi connectivity index (χ1) is 12.2. The highest BCUT2D eigenvalue weighted by atomic mass is 35.5. The quantitative estimate of drug-likeness (QED) is 0.343. The second-order valence-electron chi connectivity index (χ2n) is 6.47. The van der Waals surface area contributed by atoms with Gasteiger partial charge in [-0.05, 0) is 56.2 Å². The van der Waals surface area contributed by atoms with Gasteiger partial charge in [-0.2, -0.15) is 5.06 Å². The first-order valence-corrected chi connectivity index (χ1v) is 10.3. The third-order valence-corrected chi connectivity index (χ3v) is 4.94. The minimum absolute atomic E-state index is 0.108. The van der Waals surface area contributed by atoms with Gasteiger partial charge in [0.2, 0.25) is 0 Å². The highest BCUT2D eigenvalue weighted by Crippen LogP contribution is 2.18. The molecule has 1 aliphatic rings. The molecule has 1 aromatic rings. The molecule has 142 valence electrons. The van der Waals surface area contributed by atoms with Crippen LogP contribution in [-0.2, 0) is 11.2 Å². The first kappa shape index (κ1) is 20.8. The number of nitrogens with zero attached hydrogens (tertiary/aromatic N) is 2. The molecule has 0 bridgehead atoms. The zero-order chi connectivity index (χ0) is 17.9. The average Bonchev–Trinajstić information content (AvgIpc) is 2.66. The fourth-order valence-corrected chi connectivity index (χ4v) is 3.56. The number of hydrogen-bond donors (Lipinski definition) is 1. The van der Waals surface area contributed by atoms with E-state index in [2.05, 4.69) is 29.2 Å². The van der Waals surface area contributed by atoms with Gasteiger partial charge in [-0.25, -0.2) is 0 Å². The molecular formula is C19H30Cl2N2O2. The zero-order valence-electron chi connectivity index (χ0n) is 14.9. The van der Waals surface area contributed by atoms with Gasteiger partial charge in [0.25, 0.3) is 0 Å². The van der Waals surface area contributed by atoms with Crippen molar-refractivity contribution >= 4 is 28.9 Å². The molecular weight excluding hydrogens is 359 g/mol. The Hall–Kier alpha value is -0.520. The number of aryl methyl sites for hydroxylation is 1. The Kier molecular flexibility index (Phi) is 9.96. The normalized spacial score (nSPS) is 17.8. The molecule has 6 heteroatoms. The lowest BCUT2D eigenvalue weighted by Crippen LogP contribution is -2.37. The molecule has 1 fully saturated rings. The van der Waals surface area contributed by atoms with Crippen LogP contribution in [0.3, 0.4) is 0 Å². The molecule has 2 rings (SSSR count). The minimum Gasteiger partial charge on any atom is -0.369 e. The maximum Gasteiger partial charge on any atom is 0.132 e. The lowest BCUT2D eigenvalue weighted by Gasteiger charge is -2.29.